The molecule has 136 valence electrons. The van der Waals surface area contributed by atoms with Crippen LogP contribution in [0.4, 0.5) is 0 Å². The zero-order chi connectivity index (χ0) is 18.0. The number of nitrogens with zero attached hydrogens (tertiary/aromatic N) is 4. The van der Waals surface area contributed by atoms with Crippen molar-refractivity contribution in [2.45, 2.75) is 39.2 Å². The van der Waals surface area contributed by atoms with Crippen LogP contribution in [0.15, 0.2) is 22.9 Å². The van der Waals surface area contributed by atoms with E-state index >= 15 is 0 Å². The number of aromatic nitrogens is 2. The highest BCUT2D eigenvalue weighted by molar-refractivity contribution is 5.95. The lowest BCUT2D eigenvalue weighted by atomic mass is 9.96. The fourth-order valence-corrected chi connectivity index (χ4v) is 3.56. The topological polar surface area (TPSA) is 54.5 Å². The molecule has 3 heterocycles. The molecule has 1 aliphatic rings. The normalized spacial score (nSPS) is 18.1. The second kappa shape index (κ2) is 7.44. The molecule has 0 N–H and O–H groups in total. The van der Waals surface area contributed by atoms with Crippen molar-refractivity contribution in [1.82, 2.24) is 19.4 Å². The molecule has 25 heavy (non-hydrogen) atoms. The number of piperidine rings is 1. The molecule has 0 bridgehead atoms. The van der Waals surface area contributed by atoms with Crippen molar-refractivity contribution in [2.24, 2.45) is 0 Å². The Hall–Kier alpha value is -2.08. The molecule has 1 fully saturated rings. The minimum Gasteiger partial charge on any atom is -0.466 e. The van der Waals surface area contributed by atoms with Gasteiger partial charge in [0, 0.05) is 44.5 Å². The maximum absolute atomic E-state index is 12.9. The average Bonchev–Trinajstić information content (AvgIpc) is 3.18. The molecular formula is C19H28N4O2. The van der Waals surface area contributed by atoms with Crippen molar-refractivity contribution in [2.75, 3.05) is 33.7 Å². The molecule has 0 unspecified atom stereocenters. The maximum atomic E-state index is 12.9. The molecule has 2 aromatic heterocycles. The number of amides is 1. The first kappa shape index (κ1) is 17.7. The predicted octanol–water partition coefficient (Wildman–Crippen LogP) is 2.67. The Kier molecular flexibility index (Phi) is 5.27. The van der Waals surface area contributed by atoms with Gasteiger partial charge in [-0.05, 0) is 46.9 Å². The highest BCUT2D eigenvalue weighted by Gasteiger charge is 2.29. The number of rotatable bonds is 5. The summed E-state index contributed by atoms with van der Waals surface area (Å²) in [6.07, 6.45) is 6.00. The van der Waals surface area contributed by atoms with Crippen LogP contribution in [0.3, 0.4) is 0 Å². The average molecular weight is 344 g/mol. The lowest BCUT2D eigenvalue weighted by Gasteiger charge is -2.32. The largest absolute Gasteiger partial charge is 0.466 e. The van der Waals surface area contributed by atoms with Crippen molar-refractivity contribution >= 4 is 5.91 Å². The predicted molar refractivity (Wildman–Crippen MR) is 96.8 cm³/mol. The van der Waals surface area contributed by atoms with E-state index in [4.69, 9.17) is 4.42 Å². The van der Waals surface area contributed by atoms with Gasteiger partial charge in [-0.3, -0.25) is 4.79 Å². The zero-order valence-electron chi connectivity index (χ0n) is 15.7. The number of furan rings is 1. The minimum atomic E-state index is 0.0745. The standard InChI is InChI=1S/C19H28N4O2/c1-14-12-17(15(2)25-14)19(24)23-8-5-6-16(13-23)18-20-7-9-22(18)11-10-21(3)4/h7,9,12,16H,5-6,8,10-11,13H2,1-4H3/t16-/m1/s1. The number of hydrogen-bond acceptors (Lipinski definition) is 4. The summed E-state index contributed by atoms with van der Waals surface area (Å²) in [5.41, 5.74) is 0.689. The molecule has 0 aliphatic carbocycles. The molecule has 6 nitrogen and oxygen atoms in total. The summed E-state index contributed by atoms with van der Waals surface area (Å²) in [6.45, 7) is 7.16. The Bertz CT molecular complexity index is 732. The second-order valence-corrected chi connectivity index (χ2v) is 7.20. The first-order chi connectivity index (χ1) is 12.0. The number of likely N-dealkylation sites (tertiary alicyclic amines) is 1. The van der Waals surface area contributed by atoms with Crippen LogP contribution in [0, 0.1) is 13.8 Å². The highest BCUT2D eigenvalue weighted by atomic mass is 16.3. The summed E-state index contributed by atoms with van der Waals surface area (Å²) in [4.78, 5) is 21.6. The van der Waals surface area contributed by atoms with Crippen LogP contribution in [-0.2, 0) is 6.54 Å². The summed E-state index contributed by atoms with van der Waals surface area (Å²) in [5, 5.41) is 0. The Labute approximate surface area is 149 Å². The number of carbonyl (C=O) groups excluding carboxylic acids is 1. The third-order valence-corrected chi connectivity index (χ3v) is 4.88. The van der Waals surface area contributed by atoms with Crippen molar-refractivity contribution in [3.63, 3.8) is 0 Å². The number of imidazole rings is 1. The number of aryl methyl sites for hydroxylation is 2. The molecule has 3 rings (SSSR count). The summed E-state index contributed by atoms with van der Waals surface area (Å²) >= 11 is 0. The number of likely N-dealkylation sites (N-methyl/N-ethyl adjacent to an activating group) is 1. The maximum Gasteiger partial charge on any atom is 0.257 e. The van der Waals surface area contributed by atoms with Gasteiger partial charge in [0.05, 0.1) is 5.56 Å². The SMILES string of the molecule is Cc1cc(C(=O)N2CCC[C@@H](c3nccn3CCN(C)C)C2)c(C)o1. The first-order valence-electron chi connectivity index (χ1n) is 8.97. The Morgan fingerprint density at radius 1 is 1.40 bits per heavy atom. The highest BCUT2D eigenvalue weighted by Crippen LogP contribution is 2.27. The van der Waals surface area contributed by atoms with Crippen LogP contribution in [0.5, 0.6) is 0 Å². The smallest absolute Gasteiger partial charge is 0.257 e. The summed E-state index contributed by atoms with van der Waals surface area (Å²) in [5.74, 6) is 2.96. The third-order valence-electron chi connectivity index (χ3n) is 4.88. The lowest BCUT2D eigenvalue weighted by molar-refractivity contribution is 0.0701. The van der Waals surface area contributed by atoms with Gasteiger partial charge in [0.2, 0.25) is 0 Å². The molecule has 6 heteroatoms. The summed E-state index contributed by atoms with van der Waals surface area (Å²) in [7, 11) is 4.15. The number of hydrogen-bond donors (Lipinski definition) is 0. The van der Waals surface area contributed by atoms with Crippen LogP contribution >= 0.6 is 0 Å². The van der Waals surface area contributed by atoms with E-state index in [1.165, 1.54) is 0 Å². The van der Waals surface area contributed by atoms with Gasteiger partial charge in [-0.2, -0.15) is 0 Å². The van der Waals surface area contributed by atoms with E-state index in [0.717, 1.165) is 50.6 Å². The van der Waals surface area contributed by atoms with Crippen LogP contribution in [-0.4, -0.2) is 59.0 Å². The van der Waals surface area contributed by atoms with Gasteiger partial charge in [0.1, 0.15) is 17.3 Å². The fraction of sp³-hybridized carbons (Fsp3) is 0.579. The van der Waals surface area contributed by atoms with Crippen LogP contribution in [0.25, 0.3) is 0 Å². The van der Waals surface area contributed by atoms with Gasteiger partial charge in [-0.25, -0.2) is 4.98 Å². The van der Waals surface area contributed by atoms with Gasteiger partial charge in [-0.1, -0.05) is 0 Å². The van der Waals surface area contributed by atoms with Gasteiger partial charge in [-0.15, -0.1) is 0 Å². The summed E-state index contributed by atoms with van der Waals surface area (Å²) < 4.78 is 7.76. The molecule has 2 aromatic rings. The molecule has 1 aliphatic heterocycles. The van der Waals surface area contributed by atoms with E-state index in [9.17, 15) is 4.79 Å². The van der Waals surface area contributed by atoms with E-state index in [2.05, 4.69) is 28.5 Å². The van der Waals surface area contributed by atoms with Gasteiger partial charge < -0.3 is 18.8 Å². The van der Waals surface area contributed by atoms with Gasteiger partial charge in [0.15, 0.2) is 0 Å². The van der Waals surface area contributed by atoms with Crippen LogP contribution in [0.2, 0.25) is 0 Å². The van der Waals surface area contributed by atoms with E-state index in [1.54, 1.807) is 0 Å². The molecule has 0 saturated carbocycles. The third kappa shape index (κ3) is 3.95. The molecule has 1 saturated heterocycles. The lowest BCUT2D eigenvalue weighted by Crippen LogP contribution is -2.40. The van der Waals surface area contributed by atoms with E-state index in [-0.39, 0.29) is 5.91 Å². The number of carbonyl (C=O) groups is 1. The zero-order valence-corrected chi connectivity index (χ0v) is 15.7. The summed E-state index contributed by atoms with van der Waals surface area (Å²) in [6, 6.07) is 1.85. The Balaban J connectivity index is 1.72. The molecule has 0 aromatic carbocycles. The molecule has 0 spiro atoms. The van der Waals surface area contributed by atoms with E-state index in [0.29, 0.717) is 17.2 Å². The van der Waals surface area contributed by atoms with Gasteiger partial charge >= 0.3 is 0 Å². The van der Waals surface area contributed by atoms with Crippen molar-refractivity contribution in [3.05, 3.63) is 41.4 Å². The monoisotopic (exact) mass is 344 g/mol. The molecular weight excluding hydrogens is 316 g/mol. The first-order valence-corrected chi connectivity index (χ1v) is 8.97. The van der Waals surface area contributed by atoms with Crippen molar-refractivity contribution < 1.29 is 9.21 Å². The quantitative estimate of drug-likeness (QED) is 0.837. The van der Waals surface area contributed by atoms with E-state index in [1.807, 2.05) is 37.2 Å². The van der Waals surface area contributed by atoms with Crippen LogP contribution in [0.1, 0.15) is 46.5 Å². The second-order valence-electron chi connectivity index (χ2n) is 7.20. The molecule has 0 radical (unpaired) electrons. The Morgan fingerprint density at radius 2 is 2.20 bits per heavy atom. The Morgan fingerprint density at radius 3 is 2.88 bits per heavy atom. The molecule has 1 atom stereocenters. The minimum absolute atomic E-state index is 0.0745. The van der Waals surface area contributed by atoms with E-state index < -0.39 is 0 Å². The van der Waals surface area contributed by atoms with Gasteiger partial charge in [0.25, 0.3) is 5.91 Å². The molecule has 1 amide bonds. The fourth-order valence-electron chi connectivity index (χ4n) is 3.56. The van der Waals surface area contributed by atoms with Crippen molar-refractivity contribution in [3.8, 4) is 0 Å². The van der Waals surface area contributed by atoms with Crippen LogP contribution < -0.4 is 0 Å². The van der Waals surface area contributed by atoms with Crippen molar-refractivity contribution in [1.29, 1.82) is 0 Å².